The molecule has 6 atom stereocenters. The molecule has 10 aromatic rings. The van der Waals surface area contributed by atoms with E-state index in [0.29, 0.717) is 18.7 Å². The van der Waals surface area contributed by atoms with Crippen LogP contribution in [-0.4, -0.2) is 89.4 Å². The number of aliphatic hydroxyl groups is 3. The SMILES string of the molecule is CCOP(=O)(COC[C@@]1(O)C[C@H]2O[C@]1(C)n1c3ccccc3c3c4c(c5c6ccccc6n2c5c31)C(=O)NC4)OCC.C[C@]12O[C@H](C[C@]1(O)CO)n1c3ccccc3c3c4c(c5c6ccccc6n2c5c31)CNC4=O. The Balaban J connectivity index is 0.000000136. The van der Waals surface area contributed by atoms with Crippen LogP contribution < -0.4 is 10.6 Å². The van der Waals surface area contributed by atoms with Crippen LogP contribution in [0.4, 0.5) is 0 Å². The van der Waals surface area contributed by atoms with E-state index in [1.165, 1.54) is 0 Å². The molecular formula is C57H53N6O11P. The molecule has 382 valence electrons. The Hall–Kier alpha value is -6.63. The molecule has 0 unspecified atom stereocenters. The second-order valence-electron chi connectivity index (χ2n) is 21.1. The van der Waals surface area contributed by atoms with E-state index >= 15 is 0 Å². The summed E-state index contributed by atoms with van der Waals surface area (Å²) < 4.78 is 52.0. The molecule has 0 aliphatic carbocycles. The molecular weight excluding hydrogens is 976 g/mol. The molecule has 2 saturated heterocycles. The number of hydrogen-bond donors (Lipinski definition) is 5. The minimum atomic E-state index is -3.49. The van der Waals surface area contributed by atoms with Crippen molar-refractivity contribution in [3.05, 3.63) is 119 Å². The lowest BCUT2D eigenvalue weighted by molar-refractivity contribution is -0.194. The number of para-hydroxylation sites is 4. The predicted octanol–water partition coefficient (Wildman–Crippen LogP) is 9.20. The number of ether oxygens (including phenoxy) is 3. The Morgan fingerprint density at radius 3 is 1.44 bits per heavy atom. The summed E-state index contributed by atoms with van der Waals surface area (Å²) in [7, 11) is -3.49. The number of carbonyl (C=O) groups excluding carboxylic acids is 2. The van der Waals surface area contributed by atoms with Crippen LogP contribution in [0.25, 0.3) is 87.2 Å². The maximum atomic E-state index is 13.4. The summed E-state index contributed by atoms with van der Waals surface area (Å²) in [4.78, 5) is 26.5. The van der Waals surface area contributed by atoms with Crippen LogP contribution in [0.15, 0.2) is 97.1 Å². The van der Waals surface area contributed by atoms with Gasteiger partial charge in [-0.25, -0.2) is 0 Å². The van der Waals surface area contributed by atoms with Crippen LogP contribution >= 0.6 is 7.60 Å². The Morgan fingerprint density at radius 1 is 0.600 bits per heavy atom. The number of fused-ring (bicyclic) bond motifs is 26. The van der Waals surface area contributed by atoms with Crippen LogP contribution in [0, 0.1) is 0 Å². The molecule has 0 saturated carbocycles. The molecule has 2 amide bonds. The summed E-state index contributed by atoms with van der Waals surface area (Å²) in [5.41, 5.74) is 5.33. The first kappa shape index (κ1) is 45.7. The average molecular weight is 1030 g/mol. The number of hydrogen-bond acceptors (Lipinski definition) is 11. The predicted molar refractivity (Wildman–Crippen MR) is 283 cm³/mol. The van der Waals surface area contributed by atoms with Gasteiger partial charge in [0.25, 0.3) is 11.8 Å². The van der Waals surface area contributed by atoms with E-state index in [1.54, 1.807) is 13.8 Å². The van der Waals surface area contributed by atoms with E-state index in [-0.39, 0.29) is 50.8 Å². The number of carbonyl (C=O) groups is 2. The van der Waals surface area contributed by atoms with Gasteiger partial charge in [-0.2, -0.15) is 0 Å². The van der Waals surface area contributed by atoms with Crippen LogP contribution in [0.2, 0.25) is 0 Å². The fourth-order valence-electron chi connectivity index (χ4n) is 14.3. The molecule has 5 N–H and O–H groups in total. The smallest absolute Gasteiger partial charge is 0.356 e. The van der Waals surface area contributed by atoms with Gasteiger partial charge in [0.15, 0.2) is 11.4 Å². The quantitative estimate of drug-likeness (QED) is 0.0863. The summed E-state index contributed by atoms with van der Waals surface area (Å²) in [5.74, 6) is -0.133. The van der Waals surface area contributed by atoms with Crippen molar-refractivity contribution < 1.29 is 52.7 Å². The molecule has 4 bridgehead atoms. The van der Waals surface area contributed by atoms with Gasteiger partial charge in [0.1, 0.15) is 30.0 Å². The Morgan fingerprint density at radius 2 is 1.00 bits per heavy atom. The zero-order valence-electron chi connectivity index (χ0n) is 41.6. The van der Waals surface area contributed by atoms with E-state index in [9.17, 15) is 29.5 Å². The first-order valence-electron chi connectivity index (χ1n) is 25.7. The van der Waals surface area contributed by atoms with Gasteiger partial charge in [-0.1, -0.05) is 72.8 Å². The molecule has 17 nitrogen and oxygen atoms in total. The lowest BCUT2D eigenvalue weighted by Crippen LogP contribution is -2.53. The minimum absolute atomic E-state index is 0.0555. The van der Waals surface area contributed by atoms with Crippen molar-refractivity contribution in [2.45, 2.75) is 88.7 Å². The molecule has 10 heterocycles. The second-order valence-corrected chi connectivity index (χ2v) is 23.1. The van der Waals surface area contributed by atoms with Crippen molar-refractivity contribution in [2.24, 2.45) is 0 Å². The maximum Gasteiger partial charge on any atom is 0.356 e. The molecule has 4 aromatic heterocycles. The highest BCUT2D eigenvalue weighted by Crippen LogP contribution is 2.60. The Kier molecular flexibility index (Phi) is 9.32. The maximum absolute atomic E-state index is 13.4. The van der Waals surface area contributed by atoms with Gasteiger partial charge >= 0.3 is 7.60 Å². The van der Waals surface area contributed by atoms with Gasteiger partial charge in [-0.15, -0.1) is 0 Å². The summed E-state index contributed by atoms with van der Waals surface area (Å²) in [6.07, 6.45) is -0.875. The Bertz CT molecular complexity index is 4280. The zero-order chi connectivity index (χ0) is 51.3. The monoisotopic (exact) mass is 1030 g/mol. The molecule has 75 heavy (non-hydrogen) atoms. The first-order chi connectivity index (χ1) is 36.2. The second kappa shape index (κ2) is 15.3. The third kappa shape index (κ3) is 5.52. The van der Waals surface area contributed by atoms with Gasteiger partial charge in [-0.05, 0) is 63.1 Å². The van der Waals surface area contributed by atoms with E-state index in [1.807, 2.05) is 98.8 Å². The number of benzene rings is 6. The molecule has 2 fully saturated rings. The molecule has 0 radical (unpaired) electrons. The number of nitrogens with one attached hydrogen (secondary N) is 2. The van der Waals surface area contributed by atoms with Crippen molar-refractivity contribution >= 4 is 107 Å². The summed E-state index contributed by atoms with van der Waals surface area (Å²) >= 11 is 0. The van der Waals surface area contributed by atoms with Crippen molar-refractivity contribution in [3.63, 3.8) is 0 Å². The molecule has 18 heteroatoms. The number of aliphatic hydroxyl groups excluding tert-OH is 1. The number of nitrogens with zero attached hydrogens (tertiary/aromatic N) is 4. The molecule has 6 aromatic carbocycles. The van der Waals surface area contributed by atoms with Gasteiger partial charge in [-0.3, -0.25) is 14.2 Å². The summed E-state index contributed by atoms with van der Waals surface area (Å²) in [6.45, 7) is 8.01. The topological polar surface area (TPSA) is 202 Å². The van der Waals surface area contributed by atoms with Crippen molar-refractivity contribution in [3.8, 4) is 0 Å². The largest absolute Gasteiger partial charge is 0.393 e. The molecule has 0 spiro atoms. The van der Waals surface area contributed by atoms with Crippen LogP contribution in [0.3, 0.4) is 0 Å². The van der Waals surface area contributed by atoms with Crippen molar-refractivity contribution in [2.75, 3.05) is 32.8 Å². The van der Waals surface area contributed by atoms with E-state index in [0.717, 1.165) is 104 Å². The lowest BCUT2D eigenvalue weighted by atomic mass is 9.89. The fourth-order valence-corrected chi connectivity index (χ4v) is 15.6. The van der Waals surface area contributed by atoms with Crippen LogP contribution in [-0.2, 0) is 52.4 Å². The van der Waals surface area contributed by atoms with Gasteiger partial charge < -0.3 is 67.5 Å². The average Bonchev–Trinajstić information content (AvgIpc) is 4.32. The number of aromatic nitrogens is 4. The summed E-state index contributed by atoms with van der Waals surface area (Å²) in [5, 5.41) is 48.5. The van der Waals surface area contributed by atoms with E-state index < -0.39 is 49.3 Å². The normalized spacial score (nSPS) is 26.2. The highest BCUT2D eigenvalue weighted by Gasteiger charge is 2.63. The van der Waals surface area contributed by atoms with Crippen molar-refractivity contribution in [1.29, 1.82) is 0 Å². The van der Waals surface area contributed by atoms with Gasteiger partial charge in [0.2, 0.25) is 0 Å². The van der Waals surface area contributed by atoms with E-state index in [2.05, 4.69) is 41.0 Å². The molecule has 6 aliphatic heterocycles. The number of rotatable bonds is 9. The fraction of sp³-hybridized carbons (Fsp3) is 0.333. The zero-order valence-corrected chi connectivity index (χ0v) is 42.5. The third-order valence-electron chi connectivity index (χ3n) is 17.4. The standard InChI is InChI=1S/C31H32N3O7P.C26H21N3O4/c1-4-39-42(37,40-5-2)17-38-16-31(36)14-23-33-21-12-8-6-10-18(21)25-26-20(15-32-29(26)35)24-19-11-7-9-13-22(19)34(28(24)27(25)33)30(31,3)41-23;1-25-26(32,12-30)10-18(33-25)28-16-8-4-2-6-13(16)20-21-15(11-27-24(21)31)19-14-7-3-5-9-17(14)29(25)23(19)22(20)28/h6-13,23,36H,4-5,14-17H2,1-3H3,(H,32,35);2-9,18,30,32H,10-12H2,1H3,(H,27,31)/t23-,30+,31+;18-,25+,26+/m11/s1. The van der Waals surface area contributed by atoms with Crippen LogP contribution in [0.5, 0.6) is 0 Å². The Labute approximate surface area is 427 Å². The summed E-state index contributed by atoms with van der Waals surface area (Å²) in [6, 6.07) is 32.2. The highest BCUT2D eigenvalue weighted by molar-refractivity contribution is 7.53. The lowest BCUT2D eigenvalue weighted by Gasteiger charge is -2.39. The van der Waals surface area contributed by atoms with Crippen LogP contribution in [0.1, 0.15) is 84.8 Å². The van der Waals surface area contributed by atoms with Gasteiger partial charge in [0, 0.05) is 69.0 Å². The minimum Gasteiger partial charge on any atom is -0.393 e. The van der Waals surface area contributed by atoms with Crippen molar-refractivity contribution in [1.82, 2.24) is 28.9 Å². The highest BCUT2D eigenvalue weighted by atomic mass is 31.2. The third-order valence-corrected chi connectivity index (χ3v) is 19.2. The number of amides is 2. The van der Waals surface area contributed by atoms with E-state index in [4.69, 9.17) is 23.3 Å². The first-order valence-corrected chi connectivity index (χ1v) is 27.4. The molecule has 6 aliphatic rings. The van der Waals surface area contributed by atoms with Gasteiger partial charge in [0.05, 0.1) is 81.7 Å². The molecule has 16 rings (SSSR count).